The van der Waals surface area contributed by atoms with Crippen molar-refractivity contribution >= 4 is 31.7 Å². The molecule has 14 nitrogen and oxygen atoms in total. The molecule has 6 N–H and O–H groups in total. The van der Waals surface area contributed by atoms with Gasteiger partial charge in [0.2, 0.25) is 6.04 Å². The quantitative estimate of drug-likeness (QED) is 0.0796. The number of carboxylic acids is 4. The number of phosphoric ester groups is 1. The summed E-state index contributed by atoms with van der Waals surface area (Å²) in [7, 11) is -4.75. The Bertz CT molecular complexity index is 1380. The Labute approximate surface area is 285 Å². The summed E-state index contributed by atoms with van der Waals surface area (Å²) in [6, 6.07) is 16.7. The second kappa shape index (κ2) is 18.4. The lowest BCUT2D eigenvalue weighted by molar-refractivity contribution is -0.152. The van der Waals surface area contributed by atoms with Crippen LogP contribution in [-0.4, -0.2) is 98.5 Å². The lowest BCUT2D eigenvalue weighted by Gasteiger charge is -2.41. The Morgan fingerprint density at radius 1 is 0.857 bits per heavy atom. The van der Waals surface area contributed by atoms with Crippen molar-refractivity contribution in [1.29, 1.82) is 0 Å². The summed E-state index contributed by atoms with van der Waals surface area (Å²) in [5.41, 5.74) is 1.93. The number of carbonyl (C=O) groups is 4. The van der Waals surface area contributed by atoms with Crippen LogP contribution in [0.2, 0.25) is 0 Å². The molecule has 15 heteroatoms. The molecule has 0 heterocycles. The number of nitrogens with one attached hydrogen (secondary N) is 1. The fraction of sp³-hybridized carbons (Fsp3) is 0.529. The second-order valence-electron chi connectivity index (χ2n) is 12.8. The van der Waals surface area contributed by atoms with Crippen LogP contribution in [0.4, 0.5) is 0 Å². The number of hydrogen-bond donors (Lipinski definition) is 6. The van der Waals surface area contributed by atoms with Crippen molar-refractivity contribution in [2.45, 2.75) is 76.0 Å². The minimum Gasteiger partial charge on any atom is -0.481 e. The predicted octanol–water partition coefficient (Wildman–Crippen LogP) is 4.07. The van der Waals surface area contributed by atoms with Crippen LogP contribution in [0.1, 0.15) is 63.5 Å². The molecule has 0 amide bonds. The molecular formula is C34H47N2O12P. The van der Waals surface area contributed by atoms with Gasteiger partial charge in [-0.05, 0) is 55.1 Å². The standard InChI is InChI=1S/C34H47N2O12P/c1-23(13-14-29(37)38)24(2)19-36(21-30(39)40)20-27(35-31(32(41)42)33(43)44)22-47-49(45,46)48-28-15-17-34(18-16-28,25-9-5-3-6-10-25)26-11-7-4-8-12-26/h3-12,23-24,27-28,31,35H,13-22H2,1-2H3,(H,37,38)(H,39,40)(H,41,42)(H,43,44)(H,45,46). The minimum atomic E-state index is -4.75. The third-order valence-electron chi connectivity index (χ3n) is 9.22. The highest BCUT2D eigenvalue weighted by molar-refractivity contribution is 7.47. The van der Waals surface area contributed by atoms with E-state index in [1.807, 2.05) is 50.2 Å². The van der Waals surface area contributed by atoms with Gasteiger partial charge in [-0.15, -0.1) is 0 Å². The number of rotatable bonds is 21. The predicted molar refractivity (Wildman–Crippen MR) is 178 cm³/mol. The van der Waals surface area contributed by atoms with E-state index in [4.69, 9.17) is 14.2 Å². The molecule has 2 aromatic carbocycles. The first kappa shape index (κ1) is 39.8. The van der Waals surface area contributed by atoms with Gasteiger partial charge in [-0.1, -0.05) is 74.5 Å². The average molecular weight is 707 g/mol. The number of phosphoric acid groups is 1. The van der Waals surface area contributed by atoms with Gasteiger partial charge in [0.15, 0.2) is 0 Å². The molecule has 0 bridgehead atoms. The third-order valence-corrected chi connectivity index (χ3v) is 10.3. The zero-order valence-electron chi connectivity index (χ0n) is 27.7. The van der Waals surface area contributed by atoms with Crippen molar-refractivity contribution in [3.63, 3.8) is 0 Å². The zero-order chi connectivity index (χ0) is 36.2. The summed E-state index contributed by atoms with van der Waals surface area (Å²) in [4.78, 5) is 58.2. The lowest BCUT2D eigenvalue weighted by atomic mass is 9.65. The molecule has 0 spiro atoms. The van der Waals surface area contributed by atoms with Crippen molar-refractivity contribution in [3.05, 3.63) is 71.8 Å². The van der Waals surface area contributed by atoms with Crippen LogP contribution >= 0.6 is 7.82 Å². The van der Waals surface area contributed by atoms with Gasteiger partial charge >= 0.3 is 31.7 Å². The Morgan fingerprint density at radius 2 is 1.39 bits per heavy atom. The Kier molecular flexibility index (Phi) is 14.9. The summed E-state index contributed by atoms with van der Waals surface area (Å²) < 4.78 is 24.1. The van der Waals surface area contributed by atoms with E-state index in [2.05, 4.69) is 29.6 Å². The topological polar surface area (TPSA) is 220 Å². The molecule has 4 atom stereocenters. The summed E-state index contributed by atoms with van der Waals surface area (Å²) in [5.74, 6) is -5.94. The van der Waals surface area contributed by atoms with E-state index in [-0.39, 0.29) is 36.8 Å². The number of carboxylic acid groups (broad SMARTS) is 4. The van der Waals surface area contributed by atoms with Crippen molar-refractivity contribution in [3.8, 4) is 0 Å². The van der Waals surface area contributed by atoms with Crippen molar-refractivity contribution in [2.24, 2.45) is 11.8 Å². The molecule has 49 heavy (non-hydrogen) atoms. The van der Waals surface area contributed by atoms with Crippen LogP contribution < -0.4 is 5.32 Å². The Morgan fingerprint density at radius 3 is 1.86 bits per heavy atom. The van der Waals surface area contributed by atoms with Crippen LogP contribution in [0.5, 0.6) is 0 Å². The monoisotopic (exact) mass is 706 g/mol. The Hall–Kier alpha value is -3.65. The zero-order valence-corrected chi connectivity index (χ0v) is 28.6. The van der Waals surface area contributed by atoms with Crippen molar-refractivity contribution < 1.29 is 58.1 Å². The molecule has 4 unspecified atom stereocenters. The van der Waals surface area contributed by atoms with Crippen LogP contribution in [-0.2, 0) is 38.2 Å². The van der Waals surface area contributed by atoms with Gasteiger partial charge in [0.05, 0.1) is 19.3 Å². The second-order valence-corrected chi connectivity index (χ2v) is 14.2. The van der Waals surface area contributed by atoms with E-state index < -0.39 is 63.0 Å². The molecule has 0 radical (unpaired) electrons. The fourth-order valence-corrected chi connectivity index (χ4v) is 7.43. The summed E-state index contributed by atoms with van der Waals surface area (Å²) in [6.45, 7) is 2.31. The van der Waals surface area contributed by atoms with Gasteiger partial charge in [0, 0.05) is 31.0 Å². The maximum Gasteiger partial charge on any atom is 0.472 e. The van der Waals surface area contributed by atoms with Gasteiger partial charge in [-0.3, -0.25) is 28.9 Å². The van der Waals surface area contributed by atoms with Gasteiger partial charge in [-0.2, -0.15) is 0 Å². The highest BCUT2D eigenvalue weighted by atomic mass is 31.2. The van der Waals surface area contributed by atoms with Gasteiger partial charge in [-0.25, -0.2) is 14.2 Å². The minimum absolute atomic E-state index is 0.0758. The first-order valence-electron chi connectivity index (χ1n) is 16.3. The van der Waals surface area contributed by atoms with Crippen molar-refractivity contribution in [2.75, 3.05) is 26.2 Å². The average Bonchev–Trinajstić information content (AvgIpc) is 3.05. The summed E-state index contributed by atoms with van der Waals surface area (Å²) >= 11 is 0. The number of nitrogens with zero attached hydrogens (tertiary/aromatic N) is 1. The van der Waals surface area contributed by atoms with Crippen LogP contribution in [0.15, 0.2) is 60.7 Å². The van der Waals surface area contributed by atoms with E-state index in [1.165, 1.54) is 4.90 Å². The van der Waals surface area contributed by atoms with Crippen molar-refractivity contribution in [1.82, 2.24) is 10.2 Å². The highest BCUT2D eigenvalue weighted by Gasteiger charge is 2.41. The summed E-state index contributed by atoms with van der Waals surface area (Å²) in [5, 5.41) is 39.9. The number of aliphatic carboxylic acids is 4. The lowest BCUT2D eigenvalue weighted by Crippen LogP contribution is -2.54. The number of hydrogen-bond acceptors (Lipinski definition) is 9. The van der Waals surface area contributed by atoms with Crippen LogP contribution in [0.3, 0.4) is 0 Å². The largest absolute Gasteiger partial charge is 0.481 e. The molecule has 1 aliphatic carbocycles. The Balaban J connectivity index is 1.72. The van der Waals surface area contributed by atoms with E-state index >= 15 is 0 Å². The molecule has 3 rings (SSSR count). The van der Waals surface area contributed by atoms with E-state index in [9.17, 15) is 44.0 Å². The van der Waals surface area contributed by atoms with E-state index in [0.717, 1.165) is 11.1 Å². The number of benzene rings is 2. The molecule has 1 saturated carbocycles. The molecule has 2 aromatic rings. The first-order chi connectivity index (χ1) is 23.1. The molecular weight excluding hydrogens is 659 g/mol. The smallest absolute Gasteiger partial charge is 0.472 e. The van der Waals surface area contributed by atoms with Crippen LogP contribution in [0, 0.1) is 11.8 Å². The van der Waals surface area contributed by atoms with Crippen LogP contribution in [0.25, 0.3) is 0 Å². The SMILES string of the molecule is CC(CCC(=O)O)C(C)CN(CC(=O)O)CC(COP(=O)(O)OC1CCC(c2ccccc2)(c2ccccc2)CC1)NC(C(=O)O)C(=O)O. The van der Waals surface area contributed by atoms with Gasteiger partial charge in [0.1, 0.15) is 0 Å². The summed E-state index contributed by atoms with van der Waals surface area (Å²) in [6.07, 6.45) is 1.75. The maximum atomic E-state index is 13.2. The highest BCUT2D eigenvalue weighted by Crippen LogP contribution is 2.51. The molecule has 0 aliphatic heterocycles. The molecule has 1 fully saturated rings. The van der Waals surface area contributed by atoms with E-state index in [0.29, 0.717) is 32.1 Å². The van der Waals surface area contributed by atoms with Gasteiger partial charge in [0.25, 0.3) is 0 Å². The third kappa shape index (κ3) is 12.3. The maximum absolute atomic E-state index is 13.2. The van der Waals surface area contributed by atoms with E-state index in [1.54, 1.807) is 0 Å². The molecule has 0 saturated heterocycles. The molecule has 1 aliphatic rings. The fourth-order valence-electron chi connectivity index (χ4n) is 6.42. The normalized spacial score (nSPS) is 18.0. The first-order valence-corrected chi connectivity index (χ1v) is 17.8. The molecule has 270 valence electrons. The molecule has 0 aromatic heterocycles. The van der Waals surface area contributed by atoms with Gasteiger partial charge < -0.3 is 25.3 Å².